The minimum Gasteiger partial charge on any atom is -0.336 e. The second kappa shape index (κ2) is 5.22. The fourth-order valence-corrected chi connectivity index (χ4v) is 2.02. The van der Waals surface area contributed by atoms with Crippen molar-refractivity contribution in [2.75, 3.05) is 7.05 Å². The molecule has 0 aliphatic rings. The third-order valence-corrected chi connectivity index (χ3v) is 3.01. The number of halogens is 2. The van der Waals surface area contributed by atoms with Crippen LogP contribution >= 0.6 is 11.3 Å². The Morgan fingerprint density at radius 3 is 2.83 bits per heavy atom. The summed E-state index contributed by atoms with van der Waals surface area (Å²) in [6.07, 6.45) is 0. The Morgan fingerprint density at radius 1 is 1.44 bits per heavy atom. The van der Waals surface area contributed by atoms with Crippen LogP contribution in [0.15, 0.2) is 29.1 Å². The van der Waals surface area contributed by atoms with Gasteiger partial charge in [0.05, 0.1) is 5.51 Å². The largest absolute Gasteiger partial charge is 0.336 e. The molecule has 0 aliphatic heterocycles. The lowest BCUT2D eigenvalue weighted by Crippen LogP contribution is -2.26. The van der Waals surface area contributed by atoms with Crippen LogP contribution in [0.1, 0.15) is 16.1 Å². The van der Waals surface area contributed by atoms with E-state index in [0.717, 1.165) is 6.07 Å². The van der Waals surface area contributed by atoms with Crippen molar-refractivity contribution in [2.24, 2.45) is 0 Å². The van der Waals surface area contributed by atoms with Gasteiger partial charge in [-0.25, -0.2) is 13.8 Å². The van der Waals surface area contributed by atoms with Crippen molar-refractivity contribution in [2.45, 2.75) is 6.54 Å². The fraction of sp³-hybridized carbons (Fsp3) is 0.167. The number of thiazole rings is 1. The molecule has 1 aromatic carbocycles. The average Bonchev–Trinajstić information content (AvgIpc) is 2.85. The normalized spacial score (nSPS) is 10.4. The van der Waals surface area contributed by atoms with Gasteiger partial charge in [0.1, 0.15) is 17.3 Å². The first-order chi connectivity index (χ1) is 8.58. The summed E-state index contributed by atoms with van der Waals surface area (Å²) in [5.41, 5.74) is 2.15. The highest BCUT2D eigenvalue weighted by atomic mass is 32.1. The van der Waals surface area contributed by atoms with Crippen molar-refractivity contribution in [3.05, 3.63) is 52.0 Å². The standard InChI is InChI=1S/C12H10F2N2OS/c1-16(12(17)11-6-18-7-15-11)5-8-2-3-9(13)4-10(8)14/h2-4,6-7H,5H2,1H3. The summed E-state index contributed by atoms with van der Waals surface area (Å²) in [4.78, 5) is 17.1. The number of carbonyl (C=O) groups excluding carboxylic acids is 1. The topological polar surface area (TPSA) is 33.2 Å². The molecule has 1 aromatic heterocycles. The lowest BCUT2D eigenvalue weighted by Gasteiger charge is -2.16. The van der Waals surface area contributed by atoms with Crippen LogP contribution in [-0.4, -0.2) is 22.8 Å². The van der Waals surface area contributed by atoms with Gasteiger partial charge >= 0.3 is 0 Å². The second-order valence-electron chi connectivity index (χ2n) is 3.77. The quantitative estimate of drug-likeness (QED) is 0.857. The summed E-state index contributed by atoms with van der Waals surface area (Å²) in [5, 5.41) is 1.62. The highest BCUT2D eigenvalue weighted by molar-refractivity contribution is 7.07. The zero-order valence-corrected chi connectivity index (χ0v) is 10.4. The predicted octanol–water partition coefficient (Wildman–Crippen LogP) is 2.69. The Labute approximate surface area is 107 Å². The first-order valence-electron chi connectivity index (χ1n) is 5.15. The molecule has 0 spiro atoms. The lowest BCUT2D eigenvalue weighted by atomic mass is 10.2. The van der Waals surface area contributed by atoms with E-state index in [0.29, 0.717) is 5.69 Å². The summed E-state index contributed by atoms with van der Waals surface area (Å²) in [5.74, 6) is -1.59. The Kier molecular flexibility index (Phi) is 3.66. The molecule has 2 rings (SSSR count). The van der Waals surface area contributed by atoms with E-state index < -0.39 is 11.6 Å². The number of rotatable bonds is 3. The first kappa shape index (κ1) is 12.6. The Bertz CT molecular complexity index is 557. The molecule has 6 heteroatoms. The van der Waals surface area contributed by atoms with E-state index in [-0.39, 0.29) is 18.0 Å². The summed E-state index contributed by atoms with van der Waals surface area (Å²) in [7, 11) is 1.55. The van der Waals surface area contributed by atoms with Gasteiger partial charge in [0.2, 0.25) is 0 Å². The molecule has 0 bridgehead atoms. The number of aromatic nitrogens is 1. The van der Waals surface area contributed by atoms with Gasteiger partial charge in [-0.3, -0.25) is 4.79 Å². The maximum atomic E-state index is 13.4. The highest BCUT2D eigenvalue weighted by Crippen LogP contribution is 2.13. The van der Waals surface area contributed by atoms with Crippen molar-refractivity contribution in [1.29, 1.82) is 0 Å². The van der Waals surface area contributed by atoms with Crippen LogP contribution < -0.4 is 0 Å². The Hall–Kier alpha value is -1.82. The molecule has 0 N–H and O–H groups in total. The molecule has 0 atom stereocenters. The summed E-state index contributed by atoms with van der Waals surface area (Å²) in [6, 6.07) is 3.30. The number of amides is 1. The molecule has 0 radical (unpaired) electrons. The van der Waals surface area contributed by atoms with Crippen LogP contribution in [0.5, 0.6) is 0 Å². The van der Waals surface area contributed by atoms with Gasteiger partial charge in [0.15, 0.2) is 0 Å². The highest BCUT2D eigenvalue weighted by Gasteiger charge is 2.15. The van der Waals surface area contributed by atoms with Crippen LogP contribution in [0, 0.1) is 11.6 Å². The van der Waals surface area contributed by atoms with Gasteiger partial charge in [-0.2, -0.15) is 0 Å². The lowest BCUT2D eigenvalue weighted by molar-refractivity contribution is 0.0779. The minimum atomic E-state index is -0.659. The molecular formula is C12H10F2N2OS. The van der Waals surface area contributed by atoms with Crippen LogP contribution in [0.4, 0.5) is 8.78 Å². The van der Waals surface area contributed by atoms with Gasteiger partial charge < -0.3 is 4.90 Å². The van der Waals surface area contributed by atoms with Crippen molar-refractivity contribution in [3.63, 3.8) is 0 Å². The van der Waals surface area contributed by atoms with E-state index in [1.807, 2.05) is 0 Å². The third-order valence-electron chi connectivity index (χ3n) is 2.42. The van der Waals surface area contributed by atoms with Crippen LogP contribution in [0.3, 0.4) is 0 Å². The van der Waals surface area contributed by atoms with Crippen molar-refractivity contribution in [3.8, 4) is 0 Å². The summed E-state index contributed by atoms with van der Waals surface area (Å²) < 4.78 is 26.2. The maximum Gasteiger partial charge on any atom is 0.273 e. The maximum absolute atomic E-state index is 13.4. The van der Waals surface area contributed by atoms with E-state index in [4.69, 9.17) is 0 Å². The van der Waals surface area contributed by atoms with Gasteiger partial charge in [-0.05, 0) is 6.07 Å². The van der Waals surface area contributed by atoms with Crippen molar-refractivity contribution < 1.29 is 13.6 Å². The molecule has 0 aliphatic carbocycles. The monoisotopic (exact) mass is 268 g/mol. The molecular weight excluding hydrogens is 258 g/mol. The molecule has 0 saturated heterocycles. The second-order valence-corrected chi connectivity index (χ2v) is 4.49. The van der Waals surface area contributed by atoms with Crippen LogP contribution in [0.25, 0.3) is 0 Å². The zero-order chi connectivity index (χ0) is 13.1. The average molecular weight is 268 g/mol. The fourth-order valence-electron chi connectivity index (χ4n) is 1.49. The molecule has 3 nitrogen and oxygen atoms in total. The van der Waals surface area contributed by atoms with Gasteiger partial charge in [-0.1, -0.05) is 6.07 Å². The molecule has 2 aromatic rings. The van der Waals surface area contributed by atoms with Gasteiger partial charge in [0, 0.05) is 30.6 Å². The van der Waals surface area contributed by atoms with Crippen LogP contribution in [0.2, 0.25) is 0 Å². The van der Waals surface area contributed by atoms with E-state index in [1.54, 1.807) is 17.9 Å². The number of carbonyl (C=O) groups is 1. The number of benzene rings is 1. The van der Waals surface area contributed by atoms with Crippen molar-refractivity contribution >= 4 is 17.2 Å². The molecule has 0 saturated carbocycles. The zero-order valence-electron chi connectivity index (χ0n) is 9.56. The molecule has 18 heavy (non-hydrogen) atoms. The molecule has 0 fully saturated rings. The molecule has 1 heterocycles. The van der Waals surface area contributed by atoms with E-state index in [2.05, 4.69) is 4.98 Å². The smallest absolute Gasteiger partial charge is 0.273 e. The summed E-state index contributed by atoms with van der Waals surface area (Å²) >= 11 is 1.31. The van der Waals surface area contributed by atoms with E-state index in [1.165, 1.54) is 28.4 Å². The predicted molar refractivity (Wildman–Crippen MR) is 64.3 cm³/mol. The summed E-state index contributed by atoms with van der Waals surface area (Å²) in [6.45, 7) is 0.0719. The minimum absolute atomic E-state index is 0.0719. The first-order valence-corrected chi connectivity index (χ1v) is 6.10. The SMILES string of the molecule is CN(Cc1ccc(F)cc1F)C(=O)c1cscn1. The Balaban J connectivity index is 2.11. The van der Waals surface area contributed by atoms with Crippen molar-refractivity contribution in [1.82, 2.24) is 9.88 Å². The third kappa shape index (κ3) is 2.70. The van der Waals surface area contributed by atoms with Gasteiger partial charge in [0.25, 0.3) is 5.91 Å². The molecule has 1 amide bonds. The number of nitrogens with zero attached hydrogens (tertiary/aromatic N) is 2. The molecule has 0 unspecified atom stereocenters. The van der Waals surface area contributed by atoms with Crippen LogP contribution in [-0.2, 0) is 6.54 Å². The van der Waals surface area contributed by atoms with E-state index in [9.17, 15) is 13.6 Å². The van der Waals surface area contributed by atoms with Gasteiger partial charge in [-0.15, -0.1) is 11.3 Å². The van der Waals surface area contributed by atoms with E-state index >= 15 is 0 Å². The molecule has 94 valence electrons. The number of hydrogen-bond acceptors (Lipinski definition) is 3. The number of hydrogen-bond donors (Lipinski definition) is 0. The Morgan fingerprint density at radius 2 is 2.22 bits per heavy atom.